The fraction of sp³-hybridized carbons (Fsp3) is 0.417. The Morgan fingerprint density at radius 3 is 2.47 bits per heavy atom. The van der Waals surface area contributed by atoms with E-state index in [2.05, 4.69) is 0 Å². The predicted molar refractivity (Wildman–Crippen MR) is 59.4 cm³/mol. The third-order valence-electron chi connectivity index (χ3n) is 2.11. The minimum absolute atomic E-state index is 0.0797. The first-order valence-corrected chi connectivity index (χ1v) is 4.91. The van der Waals surface area contributed by atoms with Crippen LogP contribution in [0.15, 0.2) is 35.6 Å². The van der Waals surface area contributed by atoms with Crippen molar-refractivity contribution in [2.45, 2.75) is 33.2 Å². The Balaban J connectivity index is 2.93. The molecular weight excluding hydrogens is 190 g/mol. The van der Waals surface area contributed by atoms with Crippen LogP contribution in [0, 0.1) is 0 Å². The summed E-state index contributed by atoms with van der Waals surface area (Å²) >= 11 is 0. The van der Waals surface area contributed by atoms with E-state index in [0.717, 1.165) is 10.6 Å². The van der Waals surface area contributed by atoms with E-state index in [4.69, 9.17) is 0 Å². The molecule has 0 aromatic heterocycles. The second kappa shape index (κ2) is 4.03. The lowest BCUT2D eigenvalue weighted by Gasteiger charge is -2.28. The molecule has 0 atom stereocenters. The first-order chi connectivity index (χ1) is 6.80. The Bertz CT molecular complexity index is 356. The largest absolute Gasteiger partial charge is 0.289 e. The molecule has 1 N–H and O–H groups in total. The number of allylic oxidation sites excluding steroid dienone is 5. The van der Waals surface area contributed by atoms with E-state index < -0.39 is 5.54 Å². The van der Waals surface area contributed by atoms with Gasteiger partial charge in [-0.3, -0.25) is 15.1 Å². The molecule has 0 aliphatic heterocycles. The van der Waals surface area contributed by atoms with Crippen molar-refractivity contribution in [2.75, 3.05) is 0 Å². The summed E-state index contributed by atoms with van der Waals surface area (Å²) in [6.07, 6.45) is 6.50. The highest BCUT2D eigenvalue weighted by Gasteiger charge is 2.18. The third-order valence-corrected chi connectivity index (χ3v) is 2.11. The molecule has 1 rings (SSSR count). The molecule has 3 heteroatoms. The van der Waals surface area contributed by atoms with Gasteiger partial charge >= 0.3 is 0 Å². The maximum absolute atomic E-state index is 11.5. The number of carbonyl (C=O) groups is 1. The first kappa shape index (κ1) is 11.7. The molecule has 82 valence electrons. The number of hydrogen-bond donors (Lipinski definition) is 1. The van der Waals surface area contributed by atoms with Gasteiger partial charge < -0.3 is 0 Å². The summed E-state index contributed by atoms with van der Waals surface area (Å²) in [6.45, 7) is 7.51. The van der Waals surface area contributed by atoms with E-state index in [0.29, 0.717) is 5.57 Å². The average Bonchev–Trinajstić information content (AvgIpc) is 2.09. The molecule has 0 radical (unpaired) electrons. The van der Waals surface area contributed by atoms with E-state index in [-0.39, 0.29) is 5.78 Å². The second-order valence-electron chi connectivity index (χ2n) is 4.69. The van der Waals surface area contributed by atoms with Crippen molar-refractivity contribution in [3.05, 3.63) is 35.6 Å². The summed E-state index contributed by atoms with van der Waals surface area (Å²) in [5.74, 6) is -0.0797. The molecule has 0 saturated carbocycles. The molecule has 0 aromatic carbocycles. The lowest BCUT2D eigenvalue weighted by Crippen LogP contribution is -2.34. The van der Waals surface area contributed by atoms with Crippen molar-refractivity contribution in [3.63, 3.8) is 0 Å². The fourth-order valence-electron chi connectivity index (χ4n) is 1.09. The van der Waals surface area contributed by atoms with E-state index in [1.165, 1.54) is 12.3 Å². The van der Waals surface area contributed by atoms with Gasteiger partial charge in [0.05, 0.1) is 5.54 Å². The molecule has 0 saturated heterocycles. The van der Waals surface area contributed by atoms with Gasteiger partial charge in [0.1, 0.15) is 0 Å². The summed E-state index contributed by atoms with van der Waals surface area (Å²) in [7, 11) is 0. The van der Waals surface area contributed by atoms with Crippen LogP contribution in [-0.2, 0) is 4.79 Å². The molecule has 0 bridgehead atoms. The van der Waals surface area contributed by atoms with Crippen LogP contribution in [-0.4, -0.2) is 21.6 Å². The number of ketones is 1. The van der Waals surface area contributed by atoms with Crippen LogP contribution in [0.4, 0.5) is 0 Å². The zero-order valence-electron chi connectivity index (χ0n) is 9.61. The molecular formula is C12H17NO2. The quantitative estimate of drug-likeness (QED) is 0.530. The van der Waals surface area contributed by atoms with E-state index >= 15 is 0 Å². The van der Waals surface area contributed by atoms with Crippen LogP contribution in [0.25, 0.3) is 0 Å². The van der Waals surface area contributed by atoms with E-state index in [1.54, 1.807) is 12.2 Å². The zero-order valence-corrected chi connectivity index (χ0v) is 9.61. The summed E-state index contributed by atoms with van der Waals surface area (Å²) < 4.78 is 0. The van der Waals surface area contributed by atoms with Gasteiger partial charge in [-0.15, -0.1) is 0 Å². The van der Waals surface area contributed by atoms with Crippen molar-refractivity contribution < 1.29 is 10.0 Å². The van der Waals surface area contributed by atoms with E-state index in [9.17, 15) is 10.0 Å². The first-order valence-electron chi connectivity index (χ1n) is 4.91. The highest BCUT2D eigenvalue weighted by molar-refractivity contribution is 6.07. The summed E-state index contributed by atoms with van der Waals surface area (Å²) in [6, 6.07) is 0. The molecule has 0 aromatic rings. The van der Waals surface area contributed by atoms with Crippen LogP contribution < -0.4 is 0 Å². The van der Waals surface area contributed by atoms with Gasteiger partial charge in [-0.05, 0) is 39.8 Å². The minimum Gasteiger partial charge on any atom is -0.289 e. The predicted octanol–water partition coefficient (Wildman–Crippen LogP) is 2.45. The number of hydrogen-bond acceptors (Lipinski definition) is 3. The monoisotopic (exact) mass is 207 g/mol. The van der Waals surface area contributed by atoms with Crippen molar-refractivity contribution >= 4 is 5.78 Å². The van der Waals surface area contributed by atoms with Gasteiger partial charge in [0, 0.05) is 11.8 Å². The Kier molecular flexibility index (Phi) is 3.15. The summed E-state index contributed by atoms with van der Waals surface area (Å²) in [4.78, 5) is 11.5. The third kappa shape index (κ3) is 3.06. The number of carbonyl (C=O) groups excluding carboxylic acids is 1. The van der Waals surface area contributed by atoms with Crippen molar-refractivity contribution in [3.8, 4) is 0 Å². The maximum atomic E-state index is 11.5. The summed E-state index contributed by atoms with van der Waals surface area (Å²) in [5.41, 5.74) is 1.10. The minimum atomic E-state index is -0.407. The van der Waals surface area contributed by atoms with Crippen molar-refractivity contribution in [2.24, 2.45) is 0 Å². The molecule has 0 spiro atoms. The van der Waals surface area contributed by atoms with Crippen LogP contribution in [0.3, 0.4) is 0 Å². The van der Waals surface area contributed by atoms with Crippen LogP contribution >= 0.6 is 0 Å². The van der Waals surface area contributed by atoms with Gasteiger partial charge in [-0.1, -0.05) is 11.6 Å². The number of rotatable bonds is 1. The molecule has 0 amide bonds. The Labute approximate surface area is 90.3 Å². The molecule has 15 heavy (non-hydrogen) atoms. The average molecular weight is 207 g/mol. The highest BCUT2D eigenvalue weighted by Crippen LogP contribution is 2.17. The standard InChI is InChI=1S/C12H17NO2/c1-9-5-6-11(14)10(7-9)8-13(15)12(2,3)4/h5-8,15H,1-4H3/b10-8+. The van der Waals surface area contributed by atoms with Gasteiger partial charge in [-0.2, -0.15) is 0 Å². The van der Waals surface area contributed by atoms with Crippen molar-refractivity contribution in [1.82, 2.24) is 5.06 Å². The lowest BCUT2D eigenvalue weighted by atomic mass is 10.0. The lowest BCUT2D eigenvalue weighted by molar-refractivity contribution is -0.116. The van der Waals surface area contributed by atoms with Gasteiger partial charge in [0.2, 0.25) is 0 Å². The molecule has 1 aliphatic carbocycles. The zero-order chi connectivity index (χ0) is 11.6. The number of hydroxylamine groups is 2. The van der Waals surface area contributed by atoms with Gasteiger partial charge in [-0.25, -0.2) is 0 Å². The second-order valence-corrected chi connectivity index (χ2v) is 4.69. The van der Waals surface area contributed by atoms with Crippen molar-refractivity contribution in [1.29, 1.82) is 0 Å². The van der Waals surface area contributed by atoms with Crippen LogP contribution in [0.2, 0.25) is 0 Å². The van der Waals surface area contributed by atoms with Crippen LogP contribution in [0.1, 0.15) is 27.7 Å². The van der Waals surface area contributed by atoms with Crippen LogP contribution in [0.5, 0.6) is 0 Å². The van der Waals surface area contributed by atoms with Gasteiger partial charge in [0.15, 0.2) is 5.78 Å². The highest BCUT2D eigenvalue weighted by atomic mass is 16.5. The Morgan fingerprint density at radius 2 is 1.93 bits per heavy atom. The fourth-order valence-corrected chi connectivity index (χ4v) is 1.09. The maximum Gasteiger partial charge on any atom is 0.187 e. The summed E-state index contributed by atoms with van der Waals surface area (Å²) in [5, 5.41) is 10.8. The number of nitrogens with zero attached hydrogens (tertiary/aromatic N) is 1. The molecule has 3 nitrogen and oxygen atoms in total. The normalized spacial score (nSPS) is 19.4. The molecule has 0 heterocycles. The van der Waals surface area contributed by atoms with Gasteiger partial charge in [0.25, 0.3) is 0 Å². The molecule has 0 unspecified atom stereocenters. The van der Waals surface area contributed by atoms with E-state index in [1.807, 2.05) is 27.7 Å². The molecule has 0 fully saturated rings. The topological polar surface area (TPSA) is 40.5 Å². The SMILES string of the molecule is CC1=C/C(=C\N(O)C(C)(C)C)C(=O)C=C1. The molecule has 1 aliphatic rings. The smallest absolute Gasteiger partial charge is 0.187 e. The Hall–Kier alpha value is -1.35. The Morgan fingerprint density at radius 1 is 1.33 bits per heavy atom.